The second kappa shape index (κ2) is 9.56. The van der Waals surface area contributed by atoms with Crippen LogP contribution < -0.4 is 4.72 Å². The number of nitrogens with zero attached hydrogens (tertiary/aromatic N) is 2. The number of imidazole rings is 1. The summed E-state index contributed by atoms with van der Waals surface area (Å²) >= 11 is 0. The fraction of sp³-hybridized carbons (Fsp3) is 0.222. The van der Waals surface area contributed by atoms with Crippen LogP contribution in [0.15, 0.2) is 72.8 Å². The molecule has 3 aromatic carbocycles. The molecule has 1 fully saturated rings. The smallest absolute Gasteiger partial charge is 0.418 e. The topological polar surface area (TPSA) is 121 Å². The highest BCUT2D eigenvalue weighted by Gasteiger charge is 2.58. The predicted octanol–water partition coefficient (Wildman–Crippen LogP) is 4.64. The van der Waals surface area contributed by atoms with Gasteiger partial charge in [0.1, 0.15) is 5.82 Å². The van der Waals surface area contributed by atoms with Crippen molar-refractivity contribution < 1.29 is 27.1 Å². The molecule has 2 unspecified atom stereocenters. The molecule has 0 radical (unpaired) electrons. The number of sulfonamides is 1. The van der Waals surface area contributed by atoms with Gasteiger partial charge in [-0.1, -0.05) is 42.5 Å². The standard InChI is InChI=1S/C27H25FN4O5S/c1-3-38(35,36)31-21-13-14-22-23(15-21)30-24(29-22)27(16-18-7-5-4-6-8-18)25(33)32(26(34)37-27)17(2)19-9-11-20(28)12-10-19/h4-15,17,31H,3,16H2,1-2H3,(H,29,30). The van der Waals surface area contributed by atoms with E-state index in [1.165, 1.54) is 31.2 Å². The van der Waals surface area contributed by atoms with Crippen molar-refractivity contribution in [3.63, 3.8) is 0 Å². The van der Waals surface area contributed by atoms with Gasteiger partial charge in [0.25, 0.3) is 11.5 Å². The van der Waals surface area contributed by atoms with Gasteiger partial charge < -0.3 is 9.72 Å². The monoisotopic (exact) mass is 536 g/mol. The molecule has 1 saturated heterocycles. The molecule has 1 aliphatic heterocycles. The molecule has 1 aromatic heterocycles. The van der Waals surface area contributed by atoms with E-state index in [0.717, 1.165) is 10.5 Å². The number of halogens is 1. The van der Waals surface area contributed by atoms with Gasteiger partial charge >= 0.3 is 6.09 Å². The predicted molar refractivity (Wildman–Crippen MR) is 139 cm³/mol. The van der Waals surface area contributed by atoms with Crippen molar-refractivity contribution in [1.82, 2.24) is 14.9 Å². The van der Waals surface area contributed by atoms with Crippen molar-refractivity contribution in [2.45, 2.75) is 31.9 Å². The summed E-state index contributed by atoms with van der Waals surface area (Å²) in [6.07, 6.45) is -0.834. The minimum atomic E-state index is -3.50. The maximum atomic E-state index is 14.0. The van der Waals surface area contributed by atoms with Crippen molar-refractivity contribution in [3.8, 4) is 0 Å². The van der Waals surface area contributed by atoms with Gasteiger partial charge in [-0.25, -0.2) is 27.5 Å². The second-order valence-electron chi connectivity index (χ2n) is 9.08. The van der Waals surface area contributed by atoms with E-state index >= 15 is 0 Å². The summed E-state index contributed by atoms with van der Waals surface area (Å²) in [5.41, 5.74) is 0.743. The number of fused-ring (bicyclic) bond motifs is 1. The molecular weight excluding hydrogens is 511 g/mol. The Morgan fingerprint density at radius 2 is 1.79 bits per heavy atom. The van der Waals surface area contributed by atoms with Crippen LogP contribution in [-0.4, -0.2) is 41.0 Å². The second-order valence-corrected chi connectivity index (χ2v) is 11.1. The van der Waals surface area contributed by atoms with Gasteiger partial charge in [-0.2, -0.15) is 0 Å². The van der Waals surface area contributed by atoms with Crippen LogP contribution in [0.5, 0.6) is 0 Å². The Bertz CT molecular complexity index is 1620. The van der Waals surface area contributed by atoms with Crippen LogP contribution in [0.1, 0.15) is 36.8 Å². The van der Waals surface area contributed by atoms with Gasteiger partial charge in [0.2, 0.25) is 10.0 Å². The van der Waals surface area contributed by atoms with Gasteiger partial charge in [0.15, 0.2) is 5.82 Å². The molecule has 2 heterocycles. The number of imide groups is 1. The van der Waals surface area contributed by atoms with E-state index in [9.17, 15) is 22.4 Å². The highest BCUT2D eigenvalue weighted by atomic mass is 32.2. The molecule has 0 bridgehead atoms. The average molecular weight is 537 g/mol. The van der Waals surface area contributed by atoms with Crippen molar-refractivity contribution in [2.75, 3.05) is 10.5 Å². The molecule has 2 amide bonds. The van der Waals surface area contributed by atoms with E-state index in [0.29, 0.717) is 22.3 Å². The van der Waals surface area contributed by atoms with Crippen LogP contribution in [0.2, 0.25) is 0 Å². The molecule has 2 atom stereocenters. The first-order valence-electron chi connectivity index (χ1n) is 12.0. The summed E-state index contributed by atoms with van der Waals surface area (Å²) in [5, 5.41) is 0. The third-order valence-corrected chi connectivity index (χ3v) is 7.88. The number of aromatic nitrogens is 2. The van der Waals surface area contributed by atoms with Gasteiger partial charge in [0, 0.05) is 6.42 Å². The Labute approximate surface area is 218 Å². The number of hydrogen-bond donors (Lipinski definition) is 2. The molecule has 9 nitrogen and oxygen atoms in total. The van der Waals surface area contributed by atoms with Crippen LogP contribution >= 0.6 is 0 Å². The van der Waals surface area contributed by atoms with E-state index in [1.807, 2.05) is 30.3 Å². The maximum Gasteiger partial charge on any atom is 0.418 e. The zero-order chi connectivity index (χ0) is 27.1. The third-order valence-electron chi connectivity index (χ3n) is 6.58. The number of carbonyl (C=O) groups excluding carboxylic acids is 2. The van der Waals surface area contributed by atoms with Gasteiger partial charge in [-0.3, -0.25) is 9.52 Å². The lowest BCUT2D eigenvalue weighted by molar-refractivity contribution is -0.139. The molecule has 38 heavy (non-hydrogen) atoms. The molecule has 5 rings (SSSR count). The summed E-state index contributed by atoms with van der Waals surface area (Å²) in [6, 6.07) is 18.7. The molecule has 11 heteroatoms. The quantitative estimate of drug-likeness (QED) is 0.338. The maximum absolute atomic E-state index is 14.0. The van der Waals surface area contributed by atoms with E-state index in [4.69, 9.17) is 4.74 Å². The number of rotatable bonds is 8. The van der Waals surface area contributed by atoms with Crippen LogP contribution in [-0.2, 0) is 31.6 Å². The van der Waals surface area contributed by atoms with E-state index < -0.39 is 39.5 Å². The van der Waals surface area contributed by atoms with Crippen molar-refractivity contribution in [2.24, 2.45) is 0 Å². The van der Waals surface area contributed by atoms with E-state index in [-0.39, 0.29) is 18.0 Å². The van der Waals surface area contributed by atoms with E-state index in [2.05, 4.69) is 14.7 Å². The number of ether oxygens (including phenoxy) is 1. The molecule has 0 aliphatic carbocycles. The summed E-state index contributed by atoms with van der Waals surface area (Å²) in [5.74, 6) is -1.03. The van der Waals surface area contributed by atoms with Gasteiger partial charge in [0.05, 0.1) is 28.5 Å². The van der Waals surface area contributed by atoms with Crippen LogP contribution in [0, 0.1) is 5.82 Å². The largest absolute Gasteiger partial charge is 0.424 e. The fourth-order valence-corrected chi connectivity index (χ4v) is 5.12. The number of hydrogen-bond acceptors (Lipinski definition) is 6. The summed E-state index contributed by atoms with van der Waals surface area (Å²) in [6.45, 7) is 3.19. The zero-order valence-electron chi connectivity index (χ0n) is 20.6. The first kappa shape index (κ1) is 25.4. The number of anilines is 1. The lowest BCUT2D eigenvalue weighted by Crippen LogP contribution is -2.42. The number of cyclic esters (lactones) is 1. The molecule has 4 aromatic rings. The van der Waals surface area contributed by atoms with Crippen molar-refractivity contribution >= 4 is 38.7 Å². The number of carbonyl (C=O) groups is 2. The van der Waals surface area contributed by atoms with Crippen LogP contribution in [0.25, 0.3) is 11.0 Å². The summed E-state index contributed by atoms with van der Waals surface area (Å²) in [4.78, 5) is 35.9. The van der Waals surface area contributed by atoms with Gasteiger partial charge in [-0.15, -0.1) is 0 Å². The van der Waals surface area contributed by atoms with E-state index in [1.54, 1.807) is 25.1 Å². The number of H-pyrrole nitrogens is 1. The number of nitrogens with one attached hydrogen (secondary N) is 2. The lowest BCUT2D eigenvalue weighted by Gasteiger charge is -2.25. The highest BCUT2D eigenvalue weighted by Crippen LogP contribution is 2.41. The zero-order valence-corrected chi connectivity index (χ0v) is 21.5. The Balaban J connectivity index is 1.58. The third kappa shape index (κ3) is 4.60. The first-order valence-corrected chi connectivity index (χ1v) is 13.6. The number of amides is 2. The Morgan fingerprint density at radius 1 is 1.08 bits per heavy atom. The SMILES string of the molecule is CCS(=O)(=O)Nc1ccc2nc(C3(Cc4ccccc4)OC(=O)N(C(C)c4ccc(F)cc4)C3=O)[nH]c2c1. The minimum absolute atomic E-state index is 0.0141. The molecule has 0 saturated carbocycles. The lowest BCUT2D eigenvalue weighted by atomic mass is 9.92. The molecule has 2 N–H and O–H groups in total. The molecule has 1 aliphatic rings. The number of aromatic amines is 1. The Kier molecular flexibility index (Phi) is 6.39. The molecule has 0 spiro atoms. The normalized spacial score (nSPS) is 18.6. The summed E-state index contributed by atoms with van der Waals surface area (Å²) < 4.78 is 45.9. The first-order chi connectivity index (χ1) is 18.1. The van der Waals surface area contributed by atoms with Crippen molar-refractivity contribution in [1.29, 1.82) is 0 Å². The van der Waals surface area contributed by atoms with Crippen LogP contribution in [0.4, 0.5) is 14.9 Å². The Morgan fingerprint density at radius 3 is 2.47 bits per heavy atom. The molecule has 196 valence electrons. The fourth-order valence-electron chi connectivity index (χ4n) is 4.49. The average Bonchev–Trinajstić information content (AvgIpc) is 3.43. The van der Waals surface area contributed by atoms with Crippen LogP contribution in [0.3, 0.4) is 0 Å². The summed E-state index contributed by atoms with van der Waals surface area (Å²) in [7, 11) is -3.50. The van der Waals surface area contributed by atoms with Crippen molar-refractivity contribution in [3.05, 3.63) is 95.6 Å². The minimum Gasteiger partial charge on any atom is -0.424 e. The highest BCUT2D eigenvalue weighted by molar-refractivity contribution is 7.92. The van der Waals surface area contributed by atoms with Gasteiger partial charge in [-0.05, 0) is 55.3 Å². The Hall–Kier alpha value is -4.25. The molecular formula is C27H25FN4O5S. The number of benzene rings is 3.